The highest BCUT2D eigenvalue weighted by molar-refractivity contribution is 7.80. The van der Waals surface area contributed by atoms with Gasteiger partial charge in [-0.05, 0) is 47.3 Å². The number of fused-ring (bicyclic) bond motifs is 1. The van der Waals surface area contributed by atoms with Gasteiger partial charge in [-0.1, -0.05) is 36.4 Å². The van der Waals surface area contributed by atoms with Gasteiger partial charge in [-0.2, -0.15) is 0 Å². The second kappa shape index (κ2) is 8.38. The molecule has 2 N–H and O–H groups in total. The number of benzene rings is 3. The molecule has 4 rings (SSSR count). The van der Waals surface area contributed by atoms with Gasteiger partial charge in [0.15, 0.2) is 5.11 Å². The van der Waals surface area contributed by atoms with Crippen LogP contribution in [0.25, 0.3) is 22.0 Å². The first-order chi connectivity index (χ1) is 14.1. The minimum absolute atomic E-state index is 0.214. The van der Waals surface area contributed by atoms with Gasteiger partial charge < -0.3 is 10.1 Å². The maximum Gasteiger partial charge on any atom is 0.261 e. The number of ether oxygens (including phenoxy) is 1. The molecule has 3 aromatic carbocycles. The molecule has 0 unspecified atom stereocenters. The summed E-state index contributed by atoms with van der Waals surface area (Å²) in [7, 11) is 1.54. The average Bonchev–Trinajstić information content (AvgIpc) is 3.28. The summed E-state index contributed by atoms with van der Waals surface area (Å²) < 4.78 is 5.39. The zero-order valence-corrected chi connectivity index (χ0v) is 17.1. The van der Waals surface area contributed by atoms with Gasteiger partial charge in [-0.3, -0.25) is 10.1 Å². The van der Waals surface area contributed by atoms with Gasteiger partial charge in [-0.25, -0.2) is 4.98 Å². The first-order valence-corrected chi connectivity index (χ1v) is 10.2. The van der Waals surface area contributed by atoms with E-state index in [4.69, 9.17) is 17.0 Å². The van der Waals surface area contributed by atoms with Crippen molar-refractivity contribution < 1.29 is 9.53 Å². The topological polar surface area (TPSA) is 63.2 Å². The van der Waals surface area contributed by atoms with Crippen LogP contribution < -0.4 is 15.4 Å². The number of aromatic nitrogens is 1. The molecule has 144 valence electrons. The van der Waals surface area contributed by atoms with Crippen LogP contribution in [0.4, 0.5) is 5.69 Å². The van der Waals surface area contributed by atoms with Gasteiger partial charge in [0.25, 0.3) is 5.91 Å². The molecule has 0 bridgehead atoms. The maximum absolute atomic E-state index is 12.8. The smallest absolute Gasteiger partial charge is 0.261 e. The van der Waals surface area contributed by atoms with Crippen LogP contribution in [0.1, 0.15) is 10.4 Å². The molecule has 5 nitrogen and oxygen atoms in total. The number of thiazole rings is 1. The van der Waals surface area contributed by atoms with Crippen LogP contribution in [0.15, 0.2) is 71.6 Å². The quantitative estimate of drug-likeness (QED) is 0.451. The lowest BCUT2D eigenvalue weighted by Gasteiger charge is -2.13. The number of hydrogen-bond donors (Lipinski definition) is 2. The van der Waals surface area contributed by atoms with Crippen LogP contribution in [0.5, 0.6) is 5.75 Å². The van der Waals surface area contributed by atoms with E-state index in [9.17, 15) is 4.79 Å². The minimum atomic E-state index is -0.329. The lowest BCUT2D eigenvalue weighted by atomic mass is 10.1. The number of carbonyl (C=O) groups excluding carboxylic acids is 1. The second-order valence-corrected chi connectivity index (χ2v) is 7.39. The minimum Gasteiger partial charge on any atom is -0.496 e. The van der Waals surface area contributed by atoms with Crippen molar-refractivity contribution in [1.29, 1.82) is 0 Å². The van der Waals surface area contributed by atoms with Crippen LogP contribution in [-0.4, -0.2) is 23.1 Å². The molecule has 0 spiro atoms. The highest BCUT2D eigenvalue weighted by Gasteiger charge is 2.15. The Hall–Kier alpha value is -3.29. The van der Waals surface area contributed by atoms with E-state index in [1.807, 2.05) is 60.0 Å². The molecule has 0 atom stereocenters. The highest BCUT2D eigenvalue weighted by Crippen LogP contribution is 2.26. The molecule has 0 fully saturated rings. The van der Waals surface area contributed by atoms with Crippen molar-refractivity contribution in [3.63, 3.8) is 0 Å². The van der Waals surface area contributed by atoms with Gasteiger partial charge in [0.05, 0.1) is 23.9 Å². The first-order valence-electron chi connectivity index (χ1n) is 8.82. The number of methoxy groups -OCH3 is 1. The number of anilines is 1. The standard InChI is InChI=1S/C22H17N3O2S2/c1-27-20-11-16-5-3-2-4-15(16)10-18(20)21(26)25-22(28)24-17-8-6-14(7-9-17)19-12-29-13-23-19/h2-13H,1H3,(H2,24,25,26,28). The van der Waals surface area contributed by atoms with Crippen LogP contribution in [0, 0.1) is 0 Å². The van der Waals surface area contributed by atoms with E-state index in [1.165, 1.54) is 0 Å². The zero-order chi connectivity index (χ0) is 20.2. The third-order valence-corrected chi connectivity index (χ3v) is 5.20. The van der Waals surface area contributed by atoms with E-state index in [1.54, 1.807) is 30.0 Å². The normalized spacial score (nSPS) is 10.5. The fraction of sp³-hybridized carbons (Fsp3) is 0.0455. The van der Waals surface area contributed by atoms with Crippen molar-refractivity contribution in [2.75, 3.05) is 12.4 Å². The van der Waals surface area contributed by atoms with Gasteiger partial charge in [0.1, 0.15) is 5.75 Å². The lowest BCUT2D eigenvalue weighted by molar-refractivity contribution is 0.0975. The number of carbonyl (C=O) groups is 1. The summed E-state index contributed by atoms with van der Waals surface area (Å²) in [6, 6.07) is 19.1. The van der Waals surface area contributed by atoms with Gasteiger partial charge >= 0.3 is 0 Å². The Kier molecular flexibility index (Phi) is 5.50. The first kappa shape index (κ1) is 19.0. The van der Waals surface area contributed by atoms with Crippen molar-refractivity contribution in [3.05, 3.63) is 77.1 Å². The van der Waals surface area contributed by atoms with Crippen LogP contribution in [-0.2, 0) is 0 Å². The molecule has 0 saturated heterocycles. The molecule has 0 saturated carbocycles. The molecule has 0 aliphatic rings. The Bertz CT molecular complexity index is 1170. The summed E-state index contributed by atoms with van der Waals surface area (Å²) in [6.45, 7) is 0. The van der Waals surface area contributed by atoms with Crippen molar-refractivity contribution in [2.45, 2.75) is 0 Å². The number of nitrogens with one attached hydrogen (secondary N) is 2. The van der Waals surface area contributed by atoms with E-state index in [0.717, 1.165) is 27.7 Å². The van der Waals surface area contributed by atoms with Crippen molar-refractivity contribution in [3.8, 4) is 17.0 Å². The molecule has 0 aliphatic carbocycles. The molecular formula is C22H17N3O2S2. The maximum atomic E-state index is 12.8. The van der Waals surface area contributed by atoms with E-state index in [2.05, 4.69) is 15.6 Å². The molecule has 7 heteroatoms. The molecule has 29 heavy (non-hydrogen) atoms. The lowest BCUT2D eigenvalue weighted by Crippen LogP contribution is -2.34. The number of nitrogens with zero attached hydrogens (tertiary/aromatic N) is 1. The van der Waals surface area contributed by atoms with Crippen molar-refractivity contribution >= 4 is 51.0 Å². The molecule has 1 amide bonds. The fourth-order valence-electron chi connectivity index (χ4n) is 2.98. The number of thiocarbonyl (C=S) groups is 1. The van der Waals surface area contributed by atoms with E-state index < -0.39 is 0 Å². The fourth-order valence-corrected chi connectivity index (χ4v) is 3.75. The monoisotopic (exact) mass is 419 g/mol. The molecule has 1 heterocycles. The zero-order valence-electron chi connectivity index (χ0n) is 15.5. The summed E-state index contributed by atoms with van der Waals surface area (Å²) in [4.78, 5) is 17.0. The van der Waals surface area contributed by atoms with Crippen molar-refractivity contribution in [1.82, 2.24) is 10.3 Å². The van der Waals surface area contributed by atoms with E-state index in [0.29, 0.717) is 11.3 Å². The van der Waals surface area contributed by atoms with Gasteiger partial charge in [-0.15, -0.1) is 11.3 Å². The van der Waals surface area contributed by atoms with Crippen LogP contribution >= 0.6 is 23.6 Å². The summed E-state index contributed by atoms with van der Waals surface area (Å²) >= 11 is 6.86. The SMILES string of the molecule is COc1cc2ccccc2cc1C(=O)NC(=S)Nc1ccc(-c2cscn2)cc1. The molecule has 1 aromatic heterocycles. The Morgan fingerprint density at radius 3 is 2.45 bits per heavy atom. The second-order valence-electron chi connectivity index (χ2n) is 6.26. The van der Waals surface area contributed by atoms with E-state index >= 15 is 0 Å². The number of hydrogen-bond acceptors (Lipinski definition) is 5. The van der Waals surface area contributed by atoms with E-state index in [-0.39, 0.29) is 11.0 Å². The largest absolute Gasteiger partial charge is 0.496 e. The number of rotatable bonds is 4. The molecular weight excluding hydrogens is 402 g/mol. The Labute approximate surface area is 177 Å². The van der Waals surface area contributed by atoms with Crippen LogP contribution in [0.3, 0.4) is 0 Å². The van der Waals surface area contributed by atoms with Crippen LogP contribution in [0.2, 0.25) is 0 Å². The third kappa shape index (κ3) is 4.26. The Morgan fingerprint density at radius 2 is 1.79 bits per heavy atom. The predicted octanol–water partition coefficient (Wildman–Crippen LogP) is 5.10. The molecule has 4 aromatic rings. The Morgan fingerprint density at radius 1 is 1.07 bits per heavy atom. The molecule has 0 aliphatic heterocycles. The van der Waals surface area contributed by atoms with Crippen molar-refractivity contribution in [2.24, 2.45) is 0 Å². The highest BCUT2D eigenvalue weighted by atomic mass is 32.1. The molecule has 0 radical (unpaired) electrons. The predicted molar refractivity (Wildman–Crippen MR) is 122 cm³/mol. The Balaban J connectivity index is 1.47. The third-order valence-electron chi connectivity index (χ3n) is 4.41. The summed E-state index contributed by atoms with van der Waals surface area (Å²) in [6.07, 6.45) is 0. The summed E-state index contributed by atoms with van der Waals surface area (Å²) in [5, 5.41) is 9.91. The van der Waals surface area contributed by atoms with Gasteiger partial charge in [0, 0.05) is 16.6 Å². The summed E-state index contributed by atoms with van der Waals surface area (Å²) in [5.41, 5.74) is 4.95. The average molecular weight is 420 g/mol. The summed E-state index contributed by atoms with van der Waals surface area (Å²) in [5.74, 6) is 0.167. The van der Waals surface area contributed by atoms with Gasteiger partial charge in [0.2, 0.25) is 0 Å². The number of amides is 1.